The molecule has 1 N–H and O–H groups in total. The third-order valence-electron chi connectivity index (χ3n) is 1.94. The summed E-state index contributed by atoms with van der Waals surface area (Å²) in [6.07, 6.45) is -1.48. The smallest absolute Gasteiger partial charge is 0.382 e. The Balaban J connectivity index is 2.88. The highest BCUT2D eigenvalue weighted by Gasteiger charge is 2.29. The summed E-state index contributed by atoms with van der Waals surface area (Å²) < 4.78 is 36.7. The van der Waals surface area contributed by atoms with E-state index in [-0.39, 0.29) is 10.7 Å². The Labute approximate surface area is 111 Å². The van der Waals surface area contributed by atoms with Crippen molar-refractivity contribution in [1.29, 1.82) is 0 Å². The first-order chi connectivity index (χ1) is 8.35. The Morgan fingerprint density at radius 1 is 1.56 bits per heavy atom. The number of thioether (sulfide) groups is 1. The van der Waals surface area contributed by atoms with Crippen LogP contribution in [0.3, 0.4) is 0 Å². The Hall–Kier alpha value is -0.890. The van der Waals surface area contributed by atoms with Crippen LogP contribution in [0.5, 0.6) is 0 Å². The molecule has 4 nitrogen and oxygen atoms in total. The lowest BCUT2D eigenvalue weighted by molar-refractivity contribution is -0.143. The fourth-order valence-corrected chi connectivity index (χ4v) is 1.68. The Morgan fingerprint density at radius 2 is 2.22 bits per heavy atom. The molecule has 0 unspecified atom stereocenters. The fourth-order valence-electron chi connectivity index (χ4n) is 1.16. The van der Waals surface area contributed by atoms with Gasteiger partial charge in [-0.25, -0.2) is 4.68 Å². The lowest BCUT2D eigenvalue weighted by atomic mass is 10.4. The van der Waals surface area contributed by atoms with Gasteiger partial charge >= 0.3 is 6.18 Å². The molecule has 0 spiro atoms. The third kappa shape index (κ3) is 4.41. The molecule has 0 radical (unpaired) electrons. The van der Waals surface area contributed by atoms with Crippen LogP contribution in [0.4, 0.5) is 18.9 Å². The number of aromatic nitrogens is 2. The van der Waals surface area contributed by atoms with Gasteiger partial charge in [0.2, 0.25) is 0 Å². The summed E-state index contributed by atoms with van der Waals surface area (Å²) in [6.45, 7) is -0.901. The Morgan fingerprint density at radius 3 is 2.78 bits per heavy atom. The molecule has 0 bridgehead atoms. The molecule has 1 aromatic rings. The third-order valence-corrected chi connectivity index (χ3v) is 2.91. The van der Waals surface area contributed by atoms with Gasteiger partial charge in [-0.15, -0.1) is 0 Å². The van der Waals surface area contributed by atoms with Gasteiger partial charge in [0.25, 0.3) is 5.56 Å². The predicted octanol–water partition coefficient (Wildman–Crippen LogP) is 2.23. The van der Waals surface area contributed by atoms with Crippen molar-refractivity contribution in [1.82, 2.24) is 9.78 Å². The first kappa shape index (κ1) is 15.2. The van der Waals surface area contributed by atoms with Crippen molar-refractivity contribution in [3.63, 3.8) is 0 Å². The molecule has 0 aliphatic heterocycles. The number of nitrogens with zero attached hydrogens (tertiary/aromatic N) is 2. The van der Waals surface area contributed by atoms with E-state index < -0.39 is 18.3 Å². The van der Waals surface area contributed by atoms with Gasteiger partial charge in [0.05, 0.1) is 11.9 Å². The van der Waals surface area contributed by atoms with Crippen molar-refractivity contribution in [2.24, 2.45) is 0 Å². The average molecular weight is 302 g/mol. The van der Waals surface area contributed by atoms with Crippen molar-refractivity contribution in [2.75, 3.05) is 23.9 Å². The molecule has 0 aliphatic rings. The lowest BCUT2D eigenvalue weighted by Crippen LogP contribution is -2.31. The predicted molar refractivity (Wildman–Crippen MR) is 66.4 cm³/mol. The van der Waals surface area contributed by atoms with E-state index in [1.807, 2.05) is 6.26 Å². The largest absolute Gasteiger partial charge is 0.408 e. The number of rotatable bonds is 5. The van der Waals surface area contributed by atoms with E-state index in [1.54, 1.807) is 11.8 Å². The molecule has 102 valence electrons. The number of anilines is 1. The number of hydrogen-bond acceptors (Lipinski definition) is 4. The van der Waals surface area contributed by atoms with Gasteiger partial charge in [0.1, 0.15) is 11.6 Å². The highest BCUT2D eigenvalue weighted by Crippen LogP contribution is 2.18. The maximum atomic E-state index is 12.1. The van der Waals surface area contributed by atoms with Crippen LogP contribution in [0.25, 0.3) is 0 Å². The summed E-state index contributed by atoms with van der Waals surface area (Å²) in [5, 5.41) is 5.99. The zero-order valence-electron chi connectivity index (χ0n) is 9.42. The SMILES string of the molecule is CSCCNc1cnn(CC(F)(F)F)c(=O)c1Cl. The summed E-state index contributed by atoms with van der Waals surface area (Å²) in [5.74, 6) is 0.780. The molecule has 1 aromatic heterocycles. The second-order valence-corrected chi connectivity index (χ2v) is 4.73. The highest BCUT2D eigenvalue weighted by atomic mass is 35.5. The van der Waals surface area contributed by atoms with Crippen molar-refractivity contribution in [2.45, 2.75) is 12.7 Å². The summed E-state index contributed by atoms with van der Waals surface area (Å²) in [6, 6.07) is 0. The summed E-state index contributed by atoms with van der Waals surface area (Å²) in [4.78, 5) is 11.5. The van der Waals surface area contributed by atoms with Gasteiger partial charge in [-0.1, -0.05) is 11.6 Å². The van der Waals surface area contributed by atoms with Crippen LogP contribution in [-0.4, -0.2) is 34.5 Å². The Kier molecular flexibility index (Phi) is 5.33. The molecule has 0 atom stereocenters. The van der Waals surface area contributed by atoms with Crippen LogP contribution in [0.1, 0.15) is 0 Å². The minimum absolute atomic E-state index is 0.245. The molecule has 1 rings (SSSR count). The van der Waals surface area contributed by atoms with E-state index in [0.29, 0.717) is 11.2 Å². The molecule has 0 aromatic carbocycles. The normalized spacial score (nSPS) is 11.6. The average Bonchev–Trinajstić information content (AvgIpc) is 2.27. The zero-order valence-corrected chi connectivity index (χ0v) is 11.0. The van der Waals surface area contributed by atoms with Crippen LogP contribution in [-0.2, 0) is 6.54 Å². The molecule has 0 saturated heterocycles. The second-order valence-electron chi connectivity index (χ2n) is 3.37. The van der Waals surface area contributed by atoms with Crippen molar-refractivity contribution >= 4 is 29.1 Å². The molecule has 0 fully saturated rings. The summed E-state index contributed by atoms with van der Waals surface area (Å²) >= 11 is 7.28. The highest BCUT2D eigenvalue weighted by molar-refractivity contribution is 7.98. The number of nitrogens with one attached hydrogen (secondary N) is 1. The monoisotopic (exact) mass is 301 g/mol. The quantitative estimate of drug-likeness (QED) is 0.847. The first-order valence-electron chi connectivity index (χ1n) is 4.90. The number of alkyl halides is 3. The topological polar surface area (TPSA) is 46.9 Å². The van der Waals surface area contributed by atoms with Crippen LogP contribution in [0.15, 0.2) is 11.0 Å². The summed E-state index contributed by atoms with van der Waals surface area (Å²) in [7, 11) is 0. The Bertz CT molecular complexity index is 463. The van der Waals surface area contributed by atoms with E-state index in [1.165, 1.54) is 0 Å². The van der Waals surface area contributed by atoms with E-state index in [0.717, 1.165) is 11.9 Å². The molecule has 0 saturated carbocycles. The van der Waals surface area contributed by atoms with Crippen LogP contribution >= 0.6 is 23.4 Å². The maximum absolute atomic E-state index is 12.1. The lowest BCUT2D eigenvalue weighted by Gasteiger charge is -2.11. The standard InChI is InChI=1S/C9H11ClF3N3OS/c1-18-3-2-14-6-4-15-16(5-9(11,12)13)8(17)7(6)10/h4,14H,2-3,5H2,1H3. The van der Waals surface area contributed by atoms with E-state index >= 15 is 0 Å². The number of hydrogen-bond donors (Lipinski definition) is 1. The molecule has 0 amide bonds. The van der Waals surface area contributed by atoms with Crippen LogP contribution < -0.4 is 10.9 Å². The summed E-state index contributed by atoms with van der Waals surface area (Å²) in [5.41, 5.74) is -0.711. The van der Waals surface area contributed by atoms with Crippen LogP contribution in [0, 0.1) is 0 Å². The van der Waals surface area contributed by atoms with Crippen molar-refractivity contribution in [3.05, 3.63) is 21.6 Å². The van der Waals surface area contributed by atoms with Gasteiger partial charge in [-0.2, -0.15) is 30.0 Å². The van der Waals surface area contributed by atoms with Gasteiger partial charge in [0, 0.05) is 12.3 Å². The number of halogens is 4. The molecule has 18 heavy (non-hydrogen) atoms. The maximum Gasteiger partial charge on any atom is 0.408 e. The fraction of sp³-hybridized carbons (Fsp3) is 0.556. The van der Waals surface area contributed by atoms with E-state index in [2.05, 4.69) is 10.4 Å². The van der Waals surface area contributed by atoms with Crippen molar-refractivity contribution < 1.29 is 13.2 Å². The van der Waals surface area contributed by atoms with Crippen molar-refractivity contribution in [3.8, 4) is 0 Å². The van der Waals surface area contributed by atoms with Crippen LogP contribution in [0.2, 0.25) is 5.02 Å². The zero-order chi connectivity index (χ0) is 13.8. The van der Waals surface area contributed by atoms with Gasteiger partial charge in [0.15, 0.2) is 0 Å². The van der Waals surface area contributed by atoms with Gasteiger partial charge in [-0.3, -0.25) is 4.79 Å². The molecular formula is C9H11ClF3N3OS. The molecular weight excluding hydrogens is 291 g/mol. The van der Waals surface area contributed by atoms with Gasteiger partial charge in [-0.05, 0) is 6.26 Å². The van der Waals surface area contributed by atoms with E-state index in [9.17, 15) is 18.0 Å². The molecule has 0 aliphatic carbocycles. The molecule has 1 heterocycles. The molecule has 9 heteroatoms. The van der Waals surface area contributed by atoms with Gasteiger partial charge < -0.3 is 5.32 Å². The minimum Gasteiger partial charge on any atom is -0.382 e. The first-order valence-corrected chi connectivity index (χ1v) is 6.67. The van der Waals surface area contributed by atoms with E-state index in [4.69, 9.17) is 11.6 Å². The minimum atomic E-state index is -4.51. The second kappa shape index (κ2) is 6.33.